The highest BCUT2D eigenvalue weighted by molar-refractivity contribution is 5.84. The van der Waals surface area contributed by atoms with Gasteiger partial charge in [-0.1, -0.05) is 12.7 Å². The van der Waals surface area contributed by atoms with Gasteiger partial charge in [-0.3, -0.25) is 4.79 Å². The molecule has 4 nitrogen and oxygen atoms in total. The number of carbonyl (C=O) groups is 2. The van der Waals surface area contributed by atoms with Crippen LogP contribution in [0.4, 0.5) is 0 Å². The lowest BCUT2D eigenvalue weighted by Gasteiger charge is -1.82. The molecule has 0 fully saturated rings. The maximum absolute atomic E-state index is 9.71. The van der Waals surface area contributed by atoms with E-state index in [2.05, 4.69) is 13.2 Å². The molecule has 0 spiro atoms. The zero-order valence-corrected chi connectivity index (χ0v) is 7.62. The molecule has 13 heavy (non-hydrogen) atoms. The van der Waals surface area contributed by atoms with E-state index in [-0.39, 0.29) is 12.0 Å². The molecule has 0 aromatic heterocycles. The van der Waals surface area contributed by atoms with Crippen LogP contribution in [0.3, 0.4) is 0 Å². The summed E-state index contributed by atoms with van der Waals surface area (Å²) in [4.78, 5) is 19.3. The fourth-order valence-electron chi connectivity index (χ4n) is 0.226. The minimum atomic E-state index is -0.935. The van der Waals surface area contributed by atoms with Crippen LogP contribution < -0.4 is 0 Å². The Bertz CT molecular complexity index is 194. The van der Waals surface area contributed by atoms with Gasteiger partial charge in [-0.2, -0.15) is 0 Å². The fraction of sp³-hybridized carbons (Fsp3) is 0.333. The Morgan fingerprint density at radius 2 is 1.77 bits per heavy atom. The van der Waals surface area contributed by atoms with E-state index >= 15 is 0 Å². The first-order valence-corrected chi connectivity index (χ1v) is 3.63. The van der Waals surface area contributed by atoms with Gasteiger partial charge in [-0.05, 0) is 13.3 Å². The van der Waals surface area contributed by atoms with Gasteiger partial charge in [0.2, 0.25) is 0 Å². The van der Waals surface area contributed by atoms with E-state index < -0.39 is 11.9 Å². The van der Waals surface area contributed by atoms with Crippen molar-refractivity contribution in [1.29, 1.82) is 0 Å². The number of hydrogen-bond donors (Lipinski definition) is 2. The minimum absolute atomic E-state index is 0.176. The molecule has 2 N–H and O–H groups in total. The molecule has 0 heterocycles. The van der Waals surface area contributed by atoms with Crippen molar-refractivity contribution in [2.75, 3.05) is 0 Å². The molecular weight excluding hydrogens is 172 g/mol. The van der Waals surface area contributed by atoms with Gasteiger partial charge >= 0.3 is 11.9 Å². The lowest BCUT2D eigenvalue weighted by Crippen LogP contribution is -1.92. The van der Waals surface area contributed by atoms with Gasteiger partial charge < -0.3 is 10.2 Å². The van der Waals surface area contributed by atoms with Crippen molar-refractivity contribution in [1.82, 2.24) is 0 Å². The van der Waals surface area contributed by atoms with Crippen molar-refractivity contribution < 1.29 is 19.8 Å². The van der Waals surface area contributed by atoms with E-state index in [1.807, 2.05) is 0 Å². The Hall–Kier alpha value is -1.58. The van der Waals surface area contributed by atoms with E-state index in [0.29, 0.717) is 6.42 Å². The van der Waals surface area contributed by atoms with E-state index in [1.165, 1.54) is 6.92 Å². The fourth-order valence-corrected chi connectivity index (χ4v) is 0.226. The van der Waals surface area contributed by atoms with Crippen molar-refractivity contribution in [2.24, 2.45) is 0 Å². The van der Waals surface area contributed by atoms with Gasteiger partial charge in [0.05, 0.1) is 0 Å². The quantitative estimate of drug-likeness (QED) is 0.517. The third-order valence-corrected chi connectivity index (χ3v) is 0.927. The van der Waals surface area contributed by atoms with Crippen LogP contribution in [0.25, 0.3) is 0 Å². The van der Waals surface area contributed by atoms with E-state index in [1.54, 1.807) is 6.08 Å². The van der Waals surface area contributed by atoms with Crippen LogP contribution >= 0.6 is 0 Å². The molecule has 4 heteroatoms. The van der Waals surface area contributed by atoms with Crippen LogP contribution in [0.2, 0.25) is 0 Å². The Labute approximate surface area is 77.2 Å². The standard InChI is InChI=1S/C5H8O2.C4H6O2/c1-2-3-4-5(6)7;1-3(2)4(5)6/h2H,1,3-4H2,(H,6,7);1H2,2H3,(H,5,6). The Kier molecular flexibility index (Phi) is 9.15. The molecule has 0 atom stereocenters. The summed E-state index contributed by atoms with van der Waals surface area (Å²) in [7, 11) is 0. The number of carboxylic acid groups (broad SMARTS) is 2. The summed E-state index contributed by atoms with van der Waals surface area (Å²) in [5.74, 6) is -1.70. The Balaban J connectivity index is 0. The highest BCUT2D eigenvalue weighted by Gasteiger charge is 1.90. The van der Waals surface area contributed by atoms with Crippen LogP contribution in [0, 0.1) is 0 Å². The molecule has 0 bridgehead atoms. The highest BCUT2D eigenvalue weighted by Crippen LogP contribution is 1.86. The molecule has 0 amide bonds. The van der Waals surface area contributed by atoms with Crippen molar-refractivity contribution in [3.8, 4) is 0 Å². The molecule has 0 rings (SSSR count). The van der Waals surface area contributed by atoms with Crippen molar-refractivity contribution in [3.63, 3.8) is 0 Å². The van der Waals surface area contributed by atoms with Gasteiger partial charge in [-0.25, -0.2) is 4.79 Å². The number of rotatable bonds is 4. The van der Waals surface area contributed by atoms with Crippen molar-refractivity contribution >= 4 is 11.9 Å². The average molecular weight is 186 g/mol. The van der Waals surface area contributed by atoms with Crippen LogP contribution in [0.15, 0.2) is 24.8 Å². The molecule has 0 aliphatic carbocycles. The number of carboxylic acids is 2. The lowest BCUT2D eigenvalue weighted by atomic mass is 10.3. The molecule has 0 aromatic carbocycles. The molecule has 0 aliphatic rings. The van der Waals surface area contributed by atoms with Crippen LogP contribution in [-0.2, 0) is 9.59 Å². The van der Waals surface area contributed by atoms with Gasteiger partial charge in [0.25, 0.3) is 0 Å². The first kappa shape index (κ1) is 14.0. The third kappa shape index (κ3) is 17.9. The number of allylic oxidation sites excluding steroid dienone is 1. The second-order valence-corrected chi connectivity index (χ2v) is 2.31. The maximum Gasteiger partial charge on any atom is 0.330 e. The minimum Gasteiger partial charge on any atom is -0.481 e. The molecule has 74 valence electrons. The summed E-state index contributed by atoms with van der Waals surface area (Å²) in [5, 5.41) is 15.9. The van der Waals surface area contributed by atoms with Gasteiger partial charge in [0.15, 0.2) is 0 Å². The summed E-state index contributed by atoms with van der Waals surface area (Å²) in [6.07, 6.45) is 2.35. The number of hydrogen-bond acceptors (Lipinski definition) is 2. The summed E-state index contributed by atoms with van der Waals surface area (Å²) in [6, 6.07) is 0. The summed E-state index contributed by atoms with van der Waals surface area (Å²) >= 11 is 0. The topological polar surface area (TPSA) is 74.6 Å². The normalized spacial score (nSPS) is 7.77. The monoisotopic (exact) mass is 186 g/mol. The van der Waals surface area contributed by atoms with Crippen LogP contribution in [0.5, 0.6) is 0 Å². The van der Waals surface area contributed by atoms with Crippen LogP contribution in [0.1, 0.15) is 19.8 Å². The predicted octanol–water partition coefficient (Wildman–Crippen LogP) is 1.68. The maximum atomic E-state index is 9.71. The highest BCUT2D eigenvalue weighted by atomic mass is 16.4. The predicted molar refractivity (Wildman–Crippen MR) is 49.5 cm³/mol. The summed E-state index contributed by atoms with van der Waals surface area (Å²) in [6.45, 7) is 7.97. The largest absolute Gasteiger partial charge is 0.481 e. The Morgan fingerprint density at radius 3 is 1.85 bits per heavy atom. The molecule has 0 aromatic rings. The molecule has 0 saturated heterocycles. The number of aliphatic carboxylic acids is 2. The van der Waals surface area contributed by atoms with Gasteiger partial charge in [-0.15, -0.1) is 6.58 Å². The zero-order chi connectivity index (χ0) is 10.9. The molecular formula is C9H14O4. The zero-order valence-electron chi connectivity index (χ0n) is 7.62. The molecule has 0 saturated carbocycles. The first-order chi connectivity index (χ1) is 5.91. The molecule has 0 unspecified atom stereocenters. The smallest absolute Gasteiger partial charge is 0.330 e. The van der Waals surface area contributed by atoms with E-state index in [4.69, 9.17) is 10.2 Å². The molecule has 0 radical (unpaired) electrons. The van der Waals surface area contributed by atoms with E-state index in [0.717, 1.165) is 0 Å². The molecule has 0 aliphatic heterocycles. The summed E-state index contributed by atoms with van der Waals surface area (Å²) in [5.41, 5.74) is 0.176. The average Bonchev–Trinajstić information content (AvgIpc) is 2.01. The van der Waals surface area contributed by atoms with Gasteiger partial charge in [0.1, 0.15) is 0 Å². The van der Waals surface area contributed by atoms with E-state index in [9.17, 15) is 9.59 Å². The third-order valence-electron chi connectivity index (χ3n) is 0.927. The van der Waals surface area contributed by atoms with Crippen LogP contribution in [-0.4, -0.2) is 22.2 Å². The summed E-state index contributed by atoms with van der Waals surface area (Å²) < 4.78 is 0. The lowest BCUT2D eigenvalue weighted by molar-refractivity contribution is -0.137. The second kappa shape index (κ2) is 8.52. The van der Waals surface area contributed by atoms with Crippen molar-refractivity contribution in [3.05, 3.63) is 24.8 Å². The Morgan fingerprint density at radius 1 is 1.38 bits per heavy atom. The SMILES string of the molecule is C=C(C)C(=O)O.C=CCCC(=O)O. The first-order valence-electron chi connectivity index (χ1n) is 3.63. The van der Waals surface area contributed by atoms with Crippen molar-refractivity contribution in [2.45, 2.75) is 19.8 Å². The van der Waals surface area contributed by atoms with Gasteiger partial charge in [0, 0.05) is 12.0 Å². The second-order valence-electron chi connectivity index (χ2n) is 2.31.